The number of benzene rings is 1. The maximum atomic E-state index is 11.2. The molecule has 4 heteroatoms. The van der Waals surface area contributed by atoms with Crippen LogP contribution in [0.5, 0.6) is 0 Å². The highest BCUT2D eigenvalue weighted by Crippen LogP contribution is 2.15. The van der Waals surface area contributed by atoms with Gasteiger partial charge in [0.2, 0.25) is 0 Å². The first kappa shape index (κ1) is 17.2. The van der Waals surface area contributed by atoms with Crippen molar-refractivity contribution in [2.45, 2.75) is 33.1 Å². The standard InChI is InChI=1S/C16H27NO2S/c1-4-17-13-16(9-6-10-20(3,18)19)12-15-8-5-7-14(2)11-15/h5,7-8,11,16-17H,4,6,9-10,12-13H2,1-3H3. The van der Waals surface area contributed by atoms with Gasteiger partial charge in [0.25, 0.3) is 0 Å². The minimum absolute atomic E-state index is 0.295. The molecule has 3 nitrogen and oxygen atoms in total. The molecule has 0 fully saturated rings. The van der Waals surface area contributed by atoms with Gasteiger partial charge in [-0.05, 0) is 50.8 Å². The molecule has 0 saturated heterocycles. The van der Waals surface area contributed by atoms with E-state index >= 15 is 0 Å². The molecule has 0 aliphatic rings. The van der Waals surface area contributed by atoms with Crippen molar-refractivity contribution in [2.24, 2.45) is 5.92 Å². The van der Waals surface area contributed by atoms with Crippen molar-refractivity contribution in [1.29, 1.82) is 0 Å². The van der Waals surface area contributed by atoms with Gasteiger partial charge < -0.3 is 5.32 Å². The highest BCUT2D eigenvalue weighted by atomic mass is 32.2. The Balaban J connectivity index is 2.55. The Morgan fingerprint density at radius 2 is 2.05 bits per heavy atom. The molecule has 1 N–H and O–H groups in total. The van der Waals surface area contributed by atoms with Gasteiger partial charge in [0.15, 0.2) is 0 Å². The summed E-state index contributed by atoms with van der Waals surface area (Å²) in [6, 6.07) is 8.57. The largest absolute Gasteiger partial charge is 0.317 e. The zero-order valence-corrected chi connectivity index (χ0v) is 13.7. The van der Waals surface area contributed by atoms with E-state index in [2.05, 4.69) is 43.4 Å². The van der Waals surface area contributed by atoms with Crippen LogP contribution in [-0.4, -0.2) is 33.5 Å². The fourth-order valence-corrected chi connectivity index (χ4v) is 3.12. The van der Waals surface area contributed by atoms with Crippen LogP contribution in [0.1, 0.15) is 30.9 Å². The summed E-state index contributed by atoms with van der Waals surface area (Å²) in [5.74, 6) is 0.794. The summed E-state index contributed by atoms with van der Waals surface area (Å²) < 4.78 is 22.4. The van der Waals surface area contributed by atoms with Crippen LogP contribution < -0.4 is 5.32 Å². The molecule has 0 saturated carbocycles. The molecule has 1 aromatic carbocycles. The average molecular weight is 297 g/mol. The molecule has 0 radical (unpaired) electrons. The van der Waals surface area contributed by atoms with E-state index in [1.54, 1.807) is 0 Å². The number of nitrogens with one attached hydrogen (secondary N) is 1. The van der Waals surface area contributed by atoms with Crippen molar-refractivity contribution < 1.29 is 8.42 Å². The van der Waals surface area contributed by atoms with E-state index in [1.165, 1.54) is 17.4 Å². The Morgan fingerprint density at radius 3 is 2.65 bits per heavy atom. The Bertz CT molecular complexity index is 497. The first-order valence-electron chi connectivity index (χ1n) is 7.34. The van der Waals surface area contributed by atoms with E-state index in [1.807, 2.05) is 0 Å². The summed E-state index contributed by atoms with van der Waals surface area (Å²) in [7, 11) is -2.84. The lowest BCUT2D eigenvalue weighted by molar-refractivity contribution is 0.444. The van der Waals surface area contributed by atoms with Crippen molar-refractivity contribution in [3.63, 3.8) is 0 Å². The summed E-state index contributed by atoms with van der Waals surface area (Å²) in [4.78, 5) is 0. The molecule has 0 bridgehead atoms. The molecule has 0 aliphatic heterocycles. The first-order valence-corrected chi connectivity index (χ1v) is 9.40. The van der Waals surface area contributed by atoms with Gasteiger partial charge in [0.05, 0.1) is 0 Å². The molecule has 0 spiro atoms. The monoisotopic (exact) mass is 297 g/mol. The van der Waals surface area contributed by atoms with Crippen LogP contribution in [0.15, 0.2) is 24.3 Å². The van der Waals surface area contributed by atoms with Crippen molar-refractivity contribution in [3.05, 3.63) is 35.4 Å². The Kier molecular flexibility index (Phi) is 7.24. The average Bonchev–Trinajstić information content (AvgIpc) is 2.34. The van der Waals surface area contributed by atoms with Gasteiger partial charge in [0, 0.05) is 12.0 Å². The molecule has 1 atom stereocenters. The third-order valence-corrected chi connectivity index (χ3v) is 4.45. The maximum absolute atomic E-state index is 11.2. The molecule has 20 heavy (non-hydrogen) atoms. The number of hydrogen-bond acceptors (Lipinski definition) is 3. The zero-order valence-electron chi connectivity index (χ0n) is 12.9. The highest BCUT2D eigenvalue weighted by Gasteiger charge is 2.11. The van der Waals surface area contributed by atoms with Crippen molar-refractivity contribution >= 4 is 9.84 Å². The number of hydrogen-bond donors (Lipinski definition) is 1. The topological polar surface area (TPSA) is 46.2 Å². The van der Waals surface area contributed by atoms with Crippen LogP contribution >= 0.6 is 0 Å². The minimum Gasteiger partial charge on any atom is -0.317 e. The van der Waals surface area contributed by atoms with Gasteiger partial charge in [-0.15, -0.1) is 0 Å². The van der Waals surface area contributed by atoms with Crippen LogP contribution in [0.25, 0.3) is 0 Å². The molecule has 1 rings (SSSR count). The quantitative estimate of drug-likeness (QED) is 0.762. The first-order chi connectivity index (χ1) is 9.40. The van der Waals surface area contributed by atoms with Crippen molar-refractivity contribution in [1.82, 2.24) is 5.32 Å². The second-order valence-electron chi connectivity index (χ2n) is 5.64. The summed E-state index contributed by atoms with van der Waals surface area (Å²) in [5, 5.41) is 3.38. The molecule has 0 amide bonds. The molecule has 0 aromatic heterocycles. The lowest BCUT2D eigenvalue weighted by Gasteiger charge is -2.17. The predicted molar refractivity (Wildman–Crippen MR) is 85.9 cm³/mol. The Morgan fingerprint density at radius 1 is 1.30 bits per heavy atom. The predicted octanol–water partition coefficient (Wildman–Crippen LogP) is 2.59. The maximum Gasteiger partial charge on any atom is 0.147 e. The normalized spacial score (nSPS) is 13.3. The SMILES string of the molecule is CCNCC(CCCS(C)(=O)=O)Cc1cccc(C)c1. The number of aryl methyl sites for hydroxylation is 1. The van der Waals surface area contributed by atoms with Crippen LogP contribution in [0, 0.1) is 12.8 Å². The lowest BCUT2D eigenvalue weighted by Crippen LogP contribution is -2.24. The van der Waals surface area contributed by atoms with Gasteiger partial charge in [0.1, 0.15) is 9.84 Å². The van der Waals surface area contributed by atoms with Crippen LogP contribution in [0.4, 0.5) is 0 Å². The molecule has 114 valence electrons. The molecule has 1 unspecified atom stereocenters. The van der Waals surface area contributed by atoms with Gasteiger partial charge in [-0.25, -0.2) is 8.42 Å². The van der Waals surface area contributed by atoms with Gasteiger partial charge in [-0.3, -0.25) is 0 Å². The van der Waals surface area contributed by atoms with Gasteiger partial charge >= 0.3 is 0 Å². The van der Waals surface area contributed by atoms with E-state index in [0.29, 0.717) is 11.7 Å². The fourth-order valence-electron chi connectivity index (χ4n) is 2.43. The van der Waals surface area contributed by atoms with Crippen molar-refractivity contribution in [2.75, 3.05) is 25.1 Å². The minimum atomic E-state index is -2.84. The van der Waals surface area contributed by atoms with Crippen LogP contribution in [0.3, 0.4) is 0 Å². The molecule has 0 aliphatic carbocycles. The Labute approximate surface area is 123 Å². The van der Waals surface area contributed by atoms with E-state index in [9.17, 15) is 8.42 Å². The fraction of sp³-hybridized carbons (Fsp3) is 0.625. The third kappa shape index (κ3) is 7.65. The van der Waals surface area contributed by atoms with Crippen LogP contribution in [0.2, 0.25) is 0 Å². The van der Waals surface area contributed by atoms with Gasteiger partial charge in [-0.2, -0.15) is 0 Å². The van der Waals surface area contributed by atoms with Crippen LogP contribution in [-0.2, 0) is 16.3 Å². The van der Waals surface area contributed by atoms with E-state index in [-0.39, 0.29) is 0 Å². The summed E-state index contributed by atoms with van der Waals surface area (Å²) in [6.45, 7) is 6.11. The number of sulfone groups is 1. The zero-order chi connectivity index (χ0) is 15.0. The molecule has 1 aromatic rings. The van der Waals surface area contributed by atoms with E-state index in [0.717, 1.165) is 32.4 Å². The highest BCUT2D eigenvalue weighted by molar-refractivity contribution is 7.90. The van der Waals surface area contributed by atoms with E-state index < -0.39 is 9.84 Å². The summed E-state index contributed by atoms with van der Waals surface area (Å²) in [6.07, 6.45) is 4.03. The third-order valence-electron chi connectivity index (χ3n) is 3.42. The molecular formula is C16H27NO2S. The molecule has 0 heterocycles. The Hall–Kier alpha value is -0.870. The van der Waals surface area contributed by atoms with Gasteiger partial charge in [-0.1, -0.05) is 36.8 Å². The smallest absolute Gasteiger partial charge is 0.147 e. The van der Waals surface area contributed by atoms with E-state index in [4.69, 9.17) is 0 Å². The lowest BCUT2D eigenvalue weighted by atomic mass is 9.94. The summed E-state index contributed by atoms with van der Waals surface area (Å²) >= 11 is 0. The second-order valence-corrected chi connectivity index (χ2v) is 7.90. The second kappa shape index (κ2) is 8.42. The summed E-state index contributed by atoms with van der Waals surface area (Å²) in [5.41, 5.74) is 2.62. The van der Waals surface area contributed by atoms with Crippen molar-refractivity contribution in [3.8, 4) is 0 Å². The number of rotatable bonds is 9. The molecular weight excluding hydrogens is 270 g/mol.